The topological polar surface area (TPSA) is 36.7 Å². The molecule has 0 saturated carbocycles. The lowest BCUT2D eigenvalue weighted by atomic mass is 10.1. The number of pyridine rings is 1. The zero-order chi connectivity index (χ0) is 8.39. The van der Waals surface area contributed by atoms with Crippen LogP contribution in [-0.2, 0) is 0 Å². The Morgan fingerprint density at radius 2 is 2.33 bits per heavy atom. The molecule has 2 heteroatoms. The van der Waals surface area contributed by atoms with E-state index in [9.17, 15) is 0 Å². The van der Waals surface area contributed by atoms with Gasteiger partial charge in [-0.1, -0.05) is 0 Å². The number of benzene rings is 1. The van der Waals surface area contributed by atoms with Gasteiger partial charge in [-0.25, -0.2) is 0 Å². The smallest absolute Gasteiger partial charge is 0.0991 e. The van der Waals surface area contributed by atoms with Crippen molar-refractivity contribution in [2.24, 2.45) is 0 Å². The zero-order valence-electron chi connectivity index (χ0n) is 6.28. The molecular weight excluding hydrogens is 148 g/mol. The second-order valence-corrected chi connectivity index (χ2v) is 2.45. The van der Waals surface area contributed by atoms with E-state index in [1.807, 2.05) is 12.1 Å². The highest BCUT2D eigenvalue weighted by Crippen LogP contribution is 2.11. The second-order valence-electron chi connectivity index (χ2n) is 2.45. The molecule has 0 atom stereocenters. The van der Waals surface area contributed by atoms with Crippen molar-refractivity contribution in [1.82, 2.24) is 4.98 Å². The van der Waals surface area contributed by atoms with Crippen molar-refractivity contribution in [1.29, 1.82) is 5.26 Å². The van der Waals surface area contributed by atoms with Crippen LogP contribution in [0.3, 0.4) is 0 Å². The molecule has 55 valence electrons. The number of nitriles is 1. The van der Waals surface area contributed by atoms with E-state index in [0.29, 0.717) is 5.56 Å². The normalized spacial score (nSPS) is 9.58. The van der Waals surface area contributed by atoms with Gasteiger partial charge in [-0.05, 0) is 24.3 Å². The molecule has 12 heavy (non-hydrogen) atoms. The van der Waals surface area contributed by atoms with Crippen LogP contribution in [0.4, 0.5) is 0 Å². The van der Waals surface area contributed by atoms with Crippen molar-refractivity contribution in [2.45, 2.75) is 0 Å². The van der Waals surface area contributed by atoms with E-state index < -0.39 is 0 Å². The van der Waals surface area contributed by atoms with Gasteiger partial charge in [-0.3, -0.25) is 4.98 Å². The lowest BCUT2D eigenvalue weighted by molar-refractivity contribution is 1.40. The lowest BCUT2D eigenvalue weighted by Gasteiger charge is -1.94. The van der Waals surface area contributed by atoms with E-state index in [1.54, 1.807) is 18.3 Å². The summed E-state index contributed by atoms with van der Waals surface area (Å²) in [5.41, 5.74) is 1.55. The first kappa shape index (κ1) is 6.81. The average molecular weight is 153 g/mol. The predicted octanol–water partition coefficient (Wildman–Crippen LogP) is 1.91. The van der Waals surface area contributed by atoms with Crippen molar-refractivity contribution in [3.05, 3.63) is 42.1 Å². The van der Waals surface area contributed by atoms with Gasteiger partial charge in [0.15, 0.2) is 0 Å². The maximum absolute atomic E-state index is 8.62. The lowest BCUT2D eigenvalue weighted by Crippen LogP contribution is -1.78. The Morgan fingerprint density at radius 3 is 3.17 bits per heavy atom. The molecule has 0 spiro atoms. The van der Waals surface area contributed by atoms with Gasteiger partial charge in [-0.2, -0.15) is 5.26 Å². The zero-order valence-corrected chi connectivity index (χ0v) is 6.28. The summed E-state index contributed by atoms with van der Waals surface area (Å²) >= 11 is 0. The van der Waals surface area contributed by atoms with E-state index in [-0.39, 0.29) is 0 Å². The van der Waals surface area contributed by atoms with Gasteiger partial charge >= 0.3 is 0 Å². The molecule has 1 radical (unpaired) electrons. The molecule has 0 aliphatic rings. The van der Waals surface area contributed by atoms with E-state index in [4.69, 9.17) is 5.26 Å². The molecule has 2 aromatic rings. The van der Waals surface area contributed by atoms with Crippen LogP contribution in [0.1, 0.15) is 5.56 Å². The summed E-state index contributed by atoms with van der Waals surface area (Å²) in [6, 6.07) is 12.2. The van der Waals surface area contributed by atoms with Crippen molar-refractivity contribution >= 4 is 10.9 Å². The van der Waals surface area contributed by atoms with E-state index in [0.717, 1.165) is 10.9 Å². The third kappa shape index (κ3) is 1.02. The summed E-state index contributed by atoms with van der Waals surface area (Å²) in [7, 11) is 0. The van der Waals surface area contributed by atoms with E-state index >= 15 is 0 Å². The predicted molar refractivity (Wildman–Crippen MR) is 45.3 cm³/mol. The minimum atomic E-state index is 0.656. The largest absolute Gasteiger partial charge is 0.256 e. The molecule has 0 amide bonds. The van der Waals surface area contributed by atoms with Crippen molar-refractivity contribution < 1.29 is 0 Å². The molecule has 1 heterocycles. The van der Waals surface area contributed by atoms with Crippen LogP contribution in [0.2, 0.25) is 0 Å². The molecule has 1 aromatic carbocycles. The third-order valence-electron chi connectivity index (χ3n) is 1.67. The third-order valence-corrected chi connectivity index (χ3v) is 1.67. The van der Waals surface area contributed by atoms with Crippen LogP contribution in [0.25, 0.3) is 10.9 Å². The molecule has 0 N–H and O–H groups in total. The number of nitrogens with zero attached hydrogens (tertiary/aromatic N) is 2. The summed E-state index contributed by atoms with van der Waals surface area (Å²) in [5, 5.41) is 9.57. The standard InChI is InChI=1S/C10H5N2/c11-7-8-3-4-10-9(6-8)2-1-5-12-10/h2-6H. The first-order valence-corrected chi connectivity index (χ1v) is 3.56. The molecule has 0 aliphatic carbocycles. The van der Waals surface area contributed by atoms with Gasteiger partial charge in [-0.15, -0.1) is 0 Å². The molecule has 0 fully saturated rings. The Balaban J connectivity index is 2.78. The Bertz CT molecular complexity index is 455. The maximum atomic E-state index is 8.62. The fourth-order valence-corrected chi connectivity index (χ4v) is 1.09. The minimum Gasteiger partial charge on any atom is -0.256 e. The Morgan fingerprint density at radius 1 is 1.42 bits per heavy atom. The molecule has 0 bridgehead atoms. The summed E-state index contributed by atoms with van der Waals surface area (Å²) in [5.74, 6) is 0. The number of fused-ring (bicyclic) bond motifs is 1. The number of rotatable bonds is 0. The molecule has 0 aliphatic heterocycles. The minimum absolute atomic E-state index is 0.656. The molecular formula is C10H5N2. The van der Waals surface area contributed by atoms with E-state index in [2.05, 4.69) is 17.1 Å². The molecule has 1 aromatic heterocycles. The first-order chi connectivity index (χ1) is 5.90. The highest BCUT2D eigenvalue weighted by atomic mass is 14.6. The Hall–Kier alpha value is -1.88. The van der Waals surface area contributed by atoms with Gasteiger partial charge in [0, 0.05) is 17.6 Å². The molecule has 2 nitrogen and oxygen atoms in total. The van der Waals surface area contributed by atoms with Crippen molar-refractivity contribution in [3.63, 3.8) is 0 Å². The van der Waals surface area contributed by atoms with Crippen LogP contribution < -0.4 is 0 Å². The van der Waals surface area contributed by atoms with Gasteiger partial charge in [0.25, 0.3) is 0 Å². The van der Waals surface area contributed by atoms with Crippen LogP contribution in [0, 0.1) is 17.4 Å². The summed E-state index contributed by atoms with van der Waals surface area (Å²) in [6.07, 6.45) is 1.62. The fourth-order valence-electron chi connectivity index (χ4n) is 1.09. The highest BCUT2D eigenvalue weighted by molar-refractivity contribution is 5.79. The summed E-state index contributed by atoms with van der Waals surface area (Å²) in [6.45, 7) is 0. The number of hydrogen-bond acceptors (Lipinski definition) is 2. The van der Waals surface area contributed by atoms with Crippen molar-refractivity contribution in [3.8, 4) is 6.07 Å². The number of aromatic nitrogens is 1. The monoisotopic (exact) mass is 153 g/mol. The molecule has 2 rings (SSSR count). The molecule has 0 unspecified atom stereocenters. The van der Waals surface area contributed by atoms with Gasteiger partial charge in [0.1, 0.15) is 0 Å². The second kappa shape index (κ2) is 2.63. The maximum Gasteiger partial charge on any atom is 0.0991 e. The van der Waals surface area contributed by atoms with Gasteiger partial charge in [0.2, 0.25) is 0 Å². The molecule has 0 saturated heterocycles. The van der Waals surface area contributed by atoms with Crippen LogP contribution in [0.5, 0.6) is 0 Å². The fraction of sp³-hybridized carbons (Fsp3) is 0. The SMILES string of the molecule is N#Cc1ccc2nc[c]cc2c1. The van der Waals surface area contributed by atoms with Crippen LogP contribution in [0.15, 0.2) is 30.5 Å². The average Bonchev–Trinajstić information content (AvgIpc) is 2.17. The van der Waals surface area contributed by atoms with Crippen LogP contribution >= 0.6 is 0 Å². The van der Waals surface area contributed by atoms with Crippen molar-refractivity contribution in [2.75, 3.05) is 0 Å². The van der Waals surface area contributed by atoms with Gasteiger partial charge in [0.05, 0.1) is 17.1 Å². The Labute approximate surface area is 70.1 Å². The number of hydrogen-bond donors (Lipinski definition) is 0. The van der Waals surface area contributed by atoms with E-state index in [1.165, 1.54) is 0 Å². The summed E-state index contributed by atoms with van der Waals surface area (Å²) in [4.78, 5) is 4.09. The first-order valence-electron chi connectivity index (χ1n) is 3.56. The highest BCUT2D eigenvalue weighted by Gasteiger charge is 1.94. The Kier molecular flexibility index (Phi) is 1.49. The van der Waals surface area contributed by atoms with Crippen LogP contribution in [-0.4, -0.2) is 4.98 Å². The quantitative estimate of drug-likeness (QED) is 0.579. The summed E-state index contributed by atoms with van der Waals surface area (Å²) < 4.78 is 0. The van der Waals surface area contributed by atoms with Gasteiger partial charge < -0.3 is 0 Å².